The Morgan fingerprint density at radius 1 is 0.926 bits per heavy atom. The molecule has 0 spiro atoms. The summed E-state index contributed by atoms with van der Waals surface area (Å²) < 4.78 is 5.39. The van der Waals surface area contributed by atoms with Gasteiger partial charge in [0.25, 0.3) is 11.8 Å². The second-order valence-electron chi connectivity index (χ2n) is 6.78. The van der Waals surface area contributed by atoms with Gasteiger partial charge in [0.15, 0.2) is 6.61 Å². The molecule has 0 saturated heterocycles. The maximum Gasteiger partial charge on any atom is 0.257 e. The quantitative estimate of drug-likeness (QED) is 0.744. The Bertz CT molecular complexity index is 752. The van der Waals surface area contributed by atoms with Crippen LogP contribution in [0, 0.1) is 0 Å². The third kappa shape index (κ3) is 6.13. The second-order valence-corrected chi connectivity index (χ2v) is 6.78. The van der Waals surface area contributed by atoms with Gasteiger partial charge in [0.2, 0.25) is 0 Å². The molecule has 0 aliphatic rings. The zero-order valence-electron chi connectivity index (χ0n) is 16.4. The molecule has 2 aromatic rings. The standard InChI is InChI=1S/C22H28N2O3/c1-5-23-21(25)14-27-20-12-10-19(11-13-20)22(26)24-16(4)18-8-6-17(7-9-18)15(2)3/h6-13,15-16H,5,14H2,1-4H3,(H,23,25)(H,24,26)/t16-/m1/s1. The molecule has 0 aromatic heterocycles. The fourth-order valence-corrected chi connectivity index (χ4v) is 2.63. The molecule has 2 rings (SSSR count). The van der Waals surface area contributed by atoms with Crippen LogP contribution in [0.5, 0.6) is 5.75 Å². The monoisotopic (exact) mass is 368 g/mol. The van der Waals surface area contributed by atoms with Crippen molar-refractivity contribution in [2.24, 2.45) is 0 Å². The number of hydrogen-bond donors (Lipinski definition) is 2. The van der Waals surface area contributed by atoms with E-state index in [1.165, 1.54) is 5.56 Å². The number of likely N-dealkylation sites (N-methyl/N-ethyl adjacent to an activating group) is 1. The molecular formula is C22H28N2O3. The lowest BCUT2D eigenvalue weighted by atomic mass is 9.99. The molecule has 1 atom stereocenters. The summed E-state index contributed by atoms with van der Waals surface area (Å²) >= 11 is 0. The highest BCUT2D eigenvalue weighted by Crippen LogP contribution is 2.19. The zero-order chi connectivity index (χ0) is 19.8. The molecule has 2 aromatic carbocycles. The highest BCUT2D eigenvalue weighted by atomic mass is 16.5. The first-order chi connectivity index (χ1) is 12.9. The van der Waals surface area contributed by atoms with Crippen LogP contribution in [0.25, 0.3) is 0 Å². The smallest absolute Gasteiger partial charge is 0.257 e. The molecule has 0 saturated carbocycles. The number of rotatable bonds is 8. The SMILES string of the molecule is CCNC(=O)COc1ccc(C(=O)N[C@H](C)c2ccc(C(C)C)cc2)cc1. The molecule has 0 heterocycles. The first-order valence-corrected chi connectivity index (χ1v) is 9.31. The third-order valence-electron chi connectivity index (χ3n) is 4.31. The van der Waals surface area contributed by atoms with Crippen molar-refractivity contribution in [2.75, 3.05) is 13.2 Å². The molecule has 0 bridgehead atoms. The van der Waals surface area contributed by atoms with Crippen molar-refractivity contribution in [3.05, 3.63) is 65.2 Å². The molecule has 0 fully saturated rings. The lowest BCUT2D eigenvalue weighted by molar-refractivity contribution is -0.122. The summed E-state index contributed by atoms with van der Waals surface area (Å²) in [5.41, 5.74) is 2.89. The van der Waals surface area contributed by atoms with E-state index in [1.807, 2.05) is 13.8 Å². The number of nitrogens with one attached hydrogen (secondary N) is 2. The van der Waals surface area contributed by atoms with Gasteiger partial charge in [0, 0.05) is 12.1 Å². The molecule has 144 valence electrons. The van der Waals surface area contributed by atoms with Crippen molar-refractivity contribution < 1.29 is 14.3 Å². The van der Waals surface area contributed by atoms with Gasteiger partial charge in [0.05, 0.1) is 6.04 Å². The van der Waals surface area contributed by atoms with Crippen LogP contribution in [0.3, 0.4) is 0 Å². The zero-order valence-corrected chi connectivity index (χ0v) is 16.4. The molecule has 0 aliphatic carbocycles. The normalized spacial score (nSPS) is 11.7. The summed E-state index contributed by atoms with van der Waals surface area (Å²) in [5, 5.41) is 5.67. The number of hydrogen-bond acceptors (Lipinski definition) is 3. The predicted molar refractivity (Wildman–Crippen MR) is 107 cm³/mol. The highest BCUT2D eigenvalue weighted by Gasteiger charge is 2.12. The van der Waals surface area contributed by atoms with E-state index in [0.29, 0.717) is 23.8 Å². The van der Waals surface area contributed by atoms with E-state index in [1.54, 1.807) is 24.3 Å². The summed E-state index contributed by atoms with van der Waals surface area (Å²) in [7, 11) is 0. The maximum absolute atomic E-state index is 12.5. The van der Waals surface area contributed by atoms with E-state index in [4.69, 9.17) is 4.74 Å². The van der Waals surface area contributed by atoms with Crippen LogP contribution < -0.4 is 15.4 Å². The van der Waals surface area contributed by atoms with Crippen molar-refractivity contribution in [1.82, 2.24) is 10.6 Å². The maximum atomic E-state index is 12.5. The minimum Gasteiger partial charge on any atom is -0.484 e. The van der Waals surface area contributed by atoms with Gasteiger partial charge < -0.3 is 15.4 Å². The van der Waals surface area contributed by atoms with Gasteiger partial charge in [-0.05, 0) is 55.2 Å². The lowest BCUT2D eigenvalue weighted by Gasteiger charge is -2.16. The fourth-order valence-electron chi connectivity index (χ4n) is 2.63. The minimum atomic E-state index is -0.170. The molecule has 0 aliphatic heterocycles. The summed E-state index contributed by atoms with van der Waals surface area (Å²) in [5.74, 6) is 0.718. The largest absolute Gasteiger partial charge is 0.484 e. The summed E-state index contributed by atoms with van der Waals surface area (Å²) in [6.07, 6.45) is 0. The van der Waals surface area contributed by atoms with E-state index >= 15 is 0 Å². The first kappa shape index (κ1) is 20.5. The topological polar surface area (TPSA) is 67.4 Å². The van der Waals surface area contributed by atoms with Crippen LogP contribution in [-0.2, 0) is 4.79 Å². The van der Waals surface area contributed by atoms with Crippen molar-refractivity contribution in [3.63, 3.8) is 0 Å². The van der Waals surface area contributed by atoms with Gasteiger partial charge in [-0.25, -0.2) is 0 Å². The molecule has 5 heteroatoms. The molecular weight excluding hydrogens is 340 g/mol. The van der Waals surface area contributed by atoms with E-state index < -0.39 is 0 Å². The molecule has 2 amide bonds. The van der Waals surface area contributed by atoms with E-state index in [2.05, 4.69) is 48.7 Å². The Morgan fingerprint density at radius 2 is 1.52 bits per heavy atom. The number of ether oxygens (including phenoxy) is 1. The van der Waals surface area contributed by atoms with Crippen molar-refractivity contribution in [2.45, 2.75) is 39.7 Å². The molecule has 0 radical (unpaired) electrons. The van der Waals surface area contributed by atoms with E-state index in [9.17, 15) is 9.59 Å². The Hall–Kier alpha value is -2.82. The molecule has 2 N–H and O–H groups in total. The summed E-state index contributed by atoms with van der Waals surface area (Å²) in [4.78, 5) is 23.9. The summed E-state index contributed by atoms with van der Waals surface area (Å²) in [6.45, 7) is 8.66. The van der Waals surface area contributed by atoms with Crippen molar-refractivity contribution >= 4 is 11.8 Å². The van der Waals surface area contributed by atoms with Crippen LogP contribution in [0.2, 0.25) is 0 Å². The first-order valence-electron chi connectivity index (χ1n) is 9.31. The van der Waals surface area contributed by atoms with Crippen LogP contribution in [0.4, 0.5) is 0 Å². The second kappa shape index (κ2) is 9.76. The third-order valence-corrected chi connectivity index (χ3v) is 4.31. The van der Waals surface area contributed by atoms with Gasteiger partial charge >= 0.3 is 0 Å². The van der Waals surface area contributed by atoms with Gasteiger partial charge in [-0.15, -0.1) is 0 Å². The molecule has 0 unspecified atom stereocenters. The van der Waals surface area contributed by atoms with Crippen LogP contribution in [-0.4, -0.2) is 25.0 Å². The number of benzene rings is 2. The van der Waals surface area contributed by atoms with Gasteiger partial charge in [-0.3, -0.25) is 9.59 Å². The number of carbonyl (C=O) groups excluding carboxylic acids is 2. The fraction of sp³-hybridized carbons (Fsp3) is 0.364. The van der Waals surface area contributed by atoms with Crippen molar-refractivity contribution in [1.29, 1.82) is 0 Å². The van der Waals surface area contributed by atoms with E-state index in [0.717, 1.165) is 5.56 Å². The Balaban J connectivity index is 1.92. The number of amides is 2. The van der Waals surface area contributed by atoms with Crippen molar-refractivity contribution in [3.8, 4) is 5.75 Å². The van der Waals surface area contributed by atoms with Crippen LogP contribution >= 0.6 is 0 Å². The Kier molecular flexibility index (Phi) is 7.41. The van der Waals surface area contributed by atoms with Gasteiger partial charge in [0.1, 0.15) is 5.75 Å². The van der Waals surface area contributed by atoms with Crippen LogP contribution in [0.1, 0.15) is 61.1 Å². The molecule has 5 nitrogen and oxygen atoms in total. The average molecular weight is 368 g/mol. The summed E-state index contributed by atoms with van der Waals surface area (Å²) in [6, 6.07) is 15.0. The average Bonchev–Trinajstić information content (AvgIpc) is 2.67. The van der Waals surface area contributed by atoms with E-state index in [-0.39, 0.29) is 24.5 Å². The van der Waals surface area contributed by atoms with Crippen LogP contribution in [0.15, 0.2) is 48.5 Å². The Morgan fingerprint density at radius 3 is 2.07 bits per heavy atom. The number of carbonyl (C=O) groups is 2. The molecule has 27 heavy (non-hydrogen) atoms. The van der Waals surface area contributed by atoms with Gasteiger partial charge in [-0.1, -0.05) is 38.1 Å². The van der Waals surface area contributed by atoms with Gasteiger partial charge in [-0.2, -0.15) is 0 Å². The predicted octanol–water partition coefficient (Wildman–Crippen LogP) is 3.82. The Labute approximate surface area is 161 Å². The lowest BCUT2D eigenvalue weighted by Crippen LogP contribution is -2.28. The highest BCUT2D eigenvalue weighted by molar-refractivity contribution is 5.94. The minimum absolute atomic E-state index is 0.0389.